The molecule has 0 aromatic heterocycles. The first-order valence-corrected chi connectivity index (χ1v) is 8.09. The van der Waals surface area contributed by atoms with Crippen molar-refractivity contribution < 1.29 is 5.11 Å². The smallest absolute Gasteiger partial charge is 0.0476 e. The fraction of sp³-hybridized carbons (Fsp3) is 0.667. The Balaban J connectivity index is 2.05. The molecule has 1 heterocycles. The summed E-state index contributed by atoms with van der Waals surface area (Å²) in [6.07, 6.45) is 2.33. The zero-order valence-corrected chi connectivity index (χ0v) is 13.9. The van der Waals surface area contributed by atoms with Crippen LogP contribution in [0.15, 0.2) is 18.2 Å². The van der Waals surface area contributed by atoms with E-state index in [2.05, 4.69) is 56.1 Å². The molecule has 0 spiro atoms. The second kappa shape index (κ2) is 6.80. The van der Waals surface area contributed by atoms with Crippen LogP contribution >= 0.6 is 0 Å². The van der Waals surface area contributed by atoms with Gasteiger partial charge in [-0.3, -0.25) is 0 Å². The van der Waals surface area contributed by atoms with Crippen LogP contribution in [0.25, 0.3) is 0 Å². The van der Waals surface area contributed by atoms with Gasteiger partial charge in [-0.1, -0.05) is 12.1 Å². The van der Waals surface area contributed by atoms with Crippen LogP contribution in [0.2, 0.25) is 0 Å². The van der Waals surface area contributed by atoms with Crippen LogP contribution in [-0.4, -0.2) is 30.3 Å². The van der Waals surface area contributed by atoms with Gasteiger partial charge in [0.2, 0.25) is 0 Å². The molecule has 1 unspecified atom stereocenters. The van der Waals surface area contributed by atoms with Gasteiger partial charge in [0.25, 0.3) is 0 Å². The lowest BCUT2D eigenvalue weighted by atomic mass is 9.97. The average Bonchev–Trinajstić information content (AvgIpc) is 2.44. The van der Waals surface area contributed by atoms with Crippen molar-refractivity contribution in [3.63, 3.8) is 0 Å². The van der Waals surface area contributed by atoms with Gasteiger partial charge in [0.1, 0.15) is 0 Å². The third-order valence-electron chi connectivity index (χ3n) is 4.20. The second-order valence-corrected chi connectivity index (χ2v) is 7.36. The first-order valence-electron chi connectivity index (χ1n) is 8.09. The number of aryl methyl sites for hydroxylation is 1. The van der Waals surface area contributed by atoms with Gasteiger partial charge in [-0.2, -0.15) is 0 Å². The number of piperidine rings is 1. The third-order valence-corrected chi connectivity index (χ3v) is 4.20. The minimum Gasteiger partial charge on any atom is -0.396 e. The van der Waals surface area contributed by atoms with Gasteiger partial charge in [0, 0.05) is 37.5 Å². The second-order valence-electron chi connectivity index (χ2n) is 7.36. The number of hydrogen-bond donors (Lipinski definition) is 2. The number of nitrogens with zero attached hydrogens (tertiary/aromatic N) is 1. The molecule has 0 bridgehead atoms. The van der Waals surface area contributed by atoms with E-state index in [-0.39, 0.29) is 5.54 Å². The van der Waals surface area contributed by atoms with E-state index < -0.39 is 0 Å². The molecule has 1 saturated heterocycles. The molecule has 118 valence electrons. The Labute approximate surface area is 129 Å². The summed E-state index contributed by atoms with van der Waals surface area (Å²) in [4.78, 5) is 2.43. The van der Waals surface area contributed by atoms with E-state index in [0.717, 1.165) is 26.1 Å². The molecule has 0 amide bonds. The lowest BCUT2D eigenvalue weighted by Gasteiger charge is -2.34. The van der Waals surface area contributed by atoms with Crippen molar-refractivity contribution in [2.24, 2.45) is 5.92 Å². The zero-order valence-electron chi connectivity index (χ0n) is 13.9. The van der Waals surface area contributed by atoms with E-state index in [9.17, 15) is 5.11 Å². The summed E-state index contributed by atoms with van der Waals surface area (Å²) < 4.78 is 0. The van der Waals surface area contributed by atoms with Gasteiger partial charge in [-0.05, 0) is 63.6 Å². The van der Waals surface area contributed by atoms with E-state index in [1.54, 1.807) is 0 Å². The van der Waals surface area contributed by atoms with Gasteiger partial charge < -0.3 is 15.3 Å². The SMILES string of the molecule is Cc1cc(CNC(C)(C)C)ccc1N1CCCC(CO)C1. The van der Waals surface area contributed by atoms with Crippen molar-refractivity contribution in [2.45, 2.75) is 52.6 Å². The Morgan fingerprint density at radius 3 is 2.71 bits per heavy atom. The monoisotopic (exact) mass is 290 g/mol. The van der Waals surface area contributed by atoms with Crippen LogP contribution in [0, 0.1) is 12.8 Å². The fourth-order valence-corrected chi connectivity index (χ4v) is 2.98. The van der Waals surface area contributed by atoms with Crippen molar-refractivity contribution in [3.05, 3.63) is 29.3 Å². The Morgan fingerprint density at radius 1 is 1.33 bits per heavy atom. The van der Waals surface area contributed by atoms with Crippen LogP contribution in [-0.2, 0) is 6.54 Å². The highest BCUT2D eigenvalue weighted by Crippen LogP contribution is 2.26. The van der Waals surface area contributed by atoms with E-state index >= 15 is 0 Å². The molecule has 1 fully saturated rings. The van der Waals surface area contributed by atoms with Gasteiger partial charge in [-0.15, -0.1) is 0 Å². The van der Waals surface area contributed by atoms with Gasteiger partial charge in [0.15, 0.2) is 0 Å². The molecule has 1 aromatic carbocycles. The first kappa shape index (κ1) is 16.3. The van der Waals surface area contributed by atoms with Crippen LogP contribution in [0.1, 0.15) is 44.7 Å². The number of benzene rings is 1. The highest BCUT2D eigenvalue weighted by Gasteiger charge is 2.20. The molecule has 1 aliphatic rings. The Morgan fingerprint density at radius 2 is 2.10 bits per heavy atom. The lowest BCUT2D eigenvalue weighted by molar-refractivity contribution is 0.208. The summed E-state index contributed by atoms with van der Waals surface area (Å²) in [5.41, 5.74) is 4.14. The predicted molar refractivity (Wildman–Crippen MR) is 89.8 cm³/mol. The predicted octanol–water partition coefficient (Wildman–Crippen LogP) is 3.09. The quantitative estimate of drug-likeness (QED) is 0.894. The molecule has 0 aliphatic carbocycles. The van der Waals surface area contributed by atoms with Crippen LogP contribution in [0.3, 0.4) is 0 Å². The topological polar surface area (TPSA) is 35.5 Å². The molecular weight excluding hydrogens is 260 g/mol. The number of anilines is 1. The van der Waals surface area contributed by atoms with Gasteiger partial charge >= 0.3 is 0 Å². The van der Waals surface area contributed by atoms with Crippen molar-refractivity contribution in [1.29, 1.82) is 0 Å². The van der Waals surface area contributed by atoms with Crippen molar-refractivity contribution in [2.75, 3.05) is 24.6 Å². The summed E-state index contributed by atoms with van der Waals surface area (Å²) >= 11 is 0. The largest absolute Gasteiger partial charge is 0.396 e. The number of rotatable bonds is 4. The van der Waals surface area contributed by atoms with Crippen LogP contribution in [0.5, 0.6) is 0 Å². The Bertz CT molecular complexity index is 465. The third kappa shape index (κ3) is 4.72. The van der Waals surface area contributed by atoms with Gasteiger partial charge in [0.05, 0.1) is 0 Å². The summed E-state index contributed by atoms with van der Waals surface area (Å²) in [5.74, 6) is 0.431. The normalized spacial score (nSPS) is 19.9. The van der Waals surface area contributed by atoms with Crippen LogP contribution < -0.4 is 10.2 Å². The molecular formula is C18H30N2O. The van der Waals surface area contributed by atoms with E-state index in [1.807, 2.05) is 0 Å². The van der Waals surface area contributed by atoms with E-state index in [0.29, 0.717) is 12.5 Å². The Kier molecular flexibility index (Phi) is 5.28. The molecule has 2 N–H and O–H groups in total. The molecule has 0 saturated carbocycles. The molecule has 0 radical (unpaired) electrons. The fourth-order valence-electron chi connectivity index (χ4n) is 2.98. The molecule has 3 heteroatoms. The summed E-state index contributed by atoms with van der Waals surface area (Å²) in [6, 6.07) is 6.76. The standard InChI is InChI=1S/C18H30N2O/c1-14-10-15(11-19-18(2,3)4)7-8-17(14)20-9-5-6-16(12-20)13-21/h7-8,10,16,19,21H,5-6,9,11-13H2,1-4H3. The van der Waals surface area contributed by atoms with Crippen LogP contribution in [0.4, 0.5) is 5.69 Å². The molecule has 1 atom stereocenters. The average molecular weight is 290 g/mol. The minimum absolute atomic E-state index is 0.147. The van der Waals surface area contributed by atoms with E-state index in [1.165, 1.54) is 23.2 Å². The zero-order chi connectivity index (χ0) is 15.5. The maximum atomic E-state index is 9.38. The maximum Gasteiger partial charge on any atom is 0.0476 e. The van der Waals surface area contributed by atoms with Crippen molar-refractivity contribution >= 4 is 5.69 Å². The number of aliphatic hydroxyl groups is 1. The van der Waals surface area contributed by atoms with Crippen molar-refractivity contribution in [3.8, 4) is 0 Å². The molecule has 2 rings (SSSR count). The summed E-state index contributed by atoms with van der Waals surface area (Å²) in [7, 11) is 0. The lowest BCUT2D eigenvalue weighted by Crippen LogP contribution is -2.37. The molecule has 3 nitrogen and oxygen atoms in total. The first-order chi connectivity index (χ1) is 9.89. The molecule has 1 aromatic rings. The highest BCUT2D eigenvalue weighted by molar-refractivity contribution is 5.54. The maximum absolute atomic E-state index is 9.38. The molecule has 1 aliphatic heterocycles. The van der Waals surface area contributed by atoms with Gasteiger partial charge in [-0.25, -0.2) is 0 Å². The van der Waals surface area contributed by atoms with Crippen molar-refractivity contribution in [1.82, 2.24) is 5.32 Å². The number of nitrogens with one attached hydrogen (secondary N) is 1. The highest BCUT2D eigenvalue weighted by atomic mass is 16.3. The summed E-state index contributed by atoms with van der Waals surface area (Å²) in [5, 5.41) is 12.9. The summed E-state index contributed by atoms with van der Waals surface area (Å²) in [6.45, 7) is 12.1. The number of hydrogen-bond acceptors (Lipinski definition) is 3. The minimum atomic E-state index is 0.147. The Hall–Kier alpha value is -1.06. The molecule has 21 heavy (non-hydrogen) atoms. The number of aliphatic hydroxyl groups excluding tert-OH is 1. The van der Waals surface area contributed by atoms with E-state index in [4.69, 9.17) is 0 Å².